The smallest absolute Gasteiger partial charge is 0.257 e. The summed E-state index contributed by atoms with van der Waals surface area (Å²) in [6.45, 7) is 3.85. The van der Waals surface area contributed by atoms with Crippen LogP contribution in [0.15, 0.2) is 28.8 Å². The Bertz CT molecular complexity index is 701. The van der Waals surface area contributed by atoms with Crippen LogP contribution in [0.4, 0.5) is 0 Å². The molecule has 24 heavy (non-hydrogen) atoms. The van der Waals surface area contributed by atoms with E-state index in [4.69, 9.17) is 14.0 Å². The van der Waals surface area contributed by atoms with Gasteiger partial charge in [-0.05, 0) is 30.7 Å². The molecular formula is C17H19N3O4. The first-order chi connectivity index (χ1) is 11.8. The van der Waals surface area contributed by atoms with Gasteiger partial charge < -0.3 is 18.9 Å². The monoisotopic (exact) mass is 329 g/mol. The highest BCUT2D eigenvalue weighted by Crippen LogP contribution is 2.25. The van der Waals surface area contributed by atoms with Gasteiger partial charge in [-0.15, -0.1) is 0 Å². The van der Waals surface area contributed by atoms with Gasteiger partial charge in [0.2, 0.25) is 0 Å². The van der Waals surface area contributed by atoms with Crippen LogP contribution in [0.25, 0.3) is 11.5 Å². The number of benzene rings is 1. The van der Waals surface area contributed by atoms with Crippen molar-refractivity contribution in [1.29, 1.82) is 0 Å². The normalized spacial score (nSPS) is 21.2. The first-order valence-corrected chi connectivity index (χ1v) is 8.20. The summed E-state index contributed by atoms with van der Waals surface area (Å²) in [6.07, 6.45) is 0.923. The highest BCUT2D eigenvalue weighted by Gasteiger charge is 2.24. The molecule has 2 aliphatic rings. The number of nitrogens with zero attached hydrogens (tertiary/aromatic N) is 3. The van der Waals surface area contributed by atoms with Crippen molar-refractivity contribution in [1.82, 2.24) is 15.0 Å². The van der Waals surface area contributed by atoms with Crippen LogP contribution in [0.5, 0.6) is 0 Å². The quantitative estimate of drug-likeness (QED) is 0.853. The summed E-state index contributed by atoms with van der Waals surface area (Å²) in [6, 6.07) is 7.29. The van der Waals surface area contributed by atoms with Gasteiger partial charge in [0.15, 0.2) is 5.82 Å². The van der Waals surface area contributed by atoms with Crippen molar-refractivity contribution in [2.75, 3.05) is 39.5 Å². The van der Waals surface area contributed by atoms with E-state index in [0.29, 0.717) is 50.2 Å². The van der Waals surface area contributed by atoms with E-state index in [1.807, 2.05) is 17.0 Å². The molecule has 0 spiro atoms. The molecule has 7 nitrogen and oxygen atoms in total. The van der Waals surface area contributed by atoms with Gasteiger partial charge in [0, 0.05) is 36.7 Å². The number of morpholine rings is 1. The van der Waals surface area contributed by atoms with Crippen LogP contribution in [0.1, 0.15) is 28.5 Å². The molecule has 0 bridgehead atoms. The van der Waals surface area contributed by atoms with Gasteiger partial charge in [-0.25, -0.2) is 0 Å². The third-order valence-corrected chi connectivity index (χ3v) is 4.41. The fraction of sp³-hybridized carbons (Fsp3) is 0.471. The molecule has 1 aromatic carbocycles. The largest absolute Gasteiger partial charge is 0.381 e. The van der Waals surface area contributed by atoms with Crippen molar-refractivity contribution in [2.45, 2.75) is 12.3 Å². The highest BCUT2D eigenvalue weighted by atomic mass is 16.5. The lowest BCUT2D eigenvalue weighted by molar-refractivity contribution is 0.0303. The molecule has 3 heterocycles. The van der Waals surface area contributed by atoms with Gasteiger partial charge in [-0.2, -0.15) is 4.98 Å². The Morgan fingerprint density at radius 3 is 2.58 bits per heavy atom. The summed E-state index contributed by atoms with van der Waals surface area (Å²) in [5.41, 5.74) is 1.47. The summed E-state index contributed by atoms with van der Waals surface area (Å²) in [4.78, 5) is 18.7. The summed E-state index contributed by atoms with van der Waals surface area (Å²) in [5, 5.41) is 4.05. The van der Waals surface area contributed by atoms with E-state index in [1.165, 1.54) is 0 Å². The Hall–Kier alpha value is -2.25. The number of hydrogen-bond acceptors (Lipinski definition) is 6. The van der Waals surface area contributed by atoms with E-state index in [0.717, 1.165) is 18.6 Å². The van der Waals surface area contributed by atoms with Gasteiger partial charge >= 0.3 is 0 Å². The standard InChI is InChI=1S/C17H19N3O4/c21-17(20-6-9-22-10-7-20)13-3-1-12(2-4-13)16-18-15(19-24-16)14-5-8-23-11-14/h1-4,14H,5-11H2/t14-/m0/s1. The van der Waals surface area contributed by atoms with E-state index in [2.05, 4.69) is 10.1 Å². The van der Waals surface area contributed by atoms with Crippen LogP contribution in [-0.2, 0) is 9.47 Å². The van der Waals surface area contributed by atoms with Crippen molar-refractivity contribution >= 4 is 5.91 Å². The second-order valence-electron chi connectivity index (χ2n) is 6.00. The Morgan fingerprint density at radius 2 is 1.88 bits per heavy atom. The molecule has 1 aromatic heterocycles. The summed E-state index contributed by atoms with van der Waals surface area (Å²) in [5.74, 6) is 1.40. The summed E-state index contributed by atoms with van der Waals surface area (Å²) < 4.78 is 16.0. The third kappa shape index (κ3) is 3.05. The van der Waals surface area contributed by atoms with Crippen LogP contribution in [0, 0.1) is 0 Å². The van der Waals surface area contributed by atoms with Crippen molar-refractivity contribution < 1.29 is 18.8 Å². The Labute approximate surface area is 139 Å². The summed E-state index contributed by atoms with van der Waals surface area (Å²) in [7, 11) is 0. The Balaban J connectivity index is 1.48. The lowest BCUT2D eigenvalue weighted by atomic mass is 10.1. The molecule has 126 valence electrons. The minimum atomic E-state index is 0.0270. The van der Waals surface area contributed by atoms with E-state index >= 15 is 0 Å². The van der Waals surface area contributed by atoms with Gasteiger partial charge in [-0.3, -0.25) is 4.79 Å². The maximum atomic E-state index is 12.4. The molecule has 1 amide bonds. The number of ether oxygens (including phenoxy) is 2. The minimum Gasteiger partial charge on any atom is -0.381 e. The fourth-order valence-electron chi connectivity index (χ4n) is 2.96. The second kappa shape index (κ2) is 6.70. The molecule has 4 rings (SSSR count). The van der Waals surface area contributed by atoms with Crippen molar-refractivity contribution in [3.05, 3.63) is 35.7 Å². The first kappa shape index (κ1) is 15.3. The van der Waals surface area contributed by atoms with Crippen LogP contribution < -0.4 is 0 Å². The molecule has 0 N–H and O–H groups in total. The Morgan fingerprint density at radius 1 is 1.08 bits per heavy atom. The van der Waals surface area contributed by atoms with Gasteiger partial charge in [-0.1, -0.05) is 5.16 Å². The maximum Gasteiger partial charge on any atom is 0.257 e. The molecule has 0 aliphatic carbocycles. The van der Waals surface area contributed by atoms with E-state index in [-0.39, 0.29) is 11.8 Å². The van der Waals surface area contributed by atoms with Crippen LogP contribution in [-0.4, -0.2) is 60.5 Å². The number of hydrogen-bond donors (Lipinski definition) is 0. The number of carbonyl (C=O) groups is 1. The molecule has 2 aromatic rings. The first-order valence-electron chi connectivity index (χ1n) is 8.20. The molecule has 1 atom stereocenters. The minimum absolute atomic E-state index is 0.0270. The van der Waals surface area contributed by atoms with Gasteiger partial charge in [0.25, 0.3) is 11.8 Å². The molecule has 0 unspecified atom stereocenters. The number of rotatable bonds is 3. The Kier molecular flexibility index (Phi) is 4.27. The van der Waals surface area contributed by atoms with Crippen LogP contribution in [0.3, 0.4) is 0 Å². The van der Waals surface area contributed by atoms with Crippen molar-refractivity contribution in [3.63, 3.8) is 0 Å². The van der Waals surface area contributed by atoms with Gasteiger partial charge in [0.05, 0.1) is 19.8 Å². The van der Waals surface area contributed by atoms with Crippen LogP contribution >= 0.6 is 0 Å². The molecule has 2 saturated heterocycles. The maximum absolute atomic E-state index is 12.4. The molecule has 0 radical (unpaired) electrons. The fourth-order valence-corrected chi connectivity index (χ4v) is 2.96. The number of aromatic nitrogens is 2. The zero-order valence-electron chi connectivity index (χ0n) is 13.3. The summed E-state index contributed by atoms with van der Waals surface area (Å²) >= 11 is 0. The van der Waals surface area contributed by atoms with Crippen molar-refractivity contribution in [3.8, 4) is 11.5 Å². The average molecular weight is 329 g/mol. The molecule has 2 aliphatic heterocycles. The number of amides is 1. The lowest BCUT2D eigenvalue weighted by Crippen LogP contribution is -2.40. The zero-order valence-corrected chi connectivity index (χ0v) is 13.3. The van der Waals surface area contributed by atoms with E-state index in [9.17, 15) is 4.79 Å². The third-order valence-electron chi connectivity index (χ3n) is 4.41. The SMILES string of the molecule is O=C(c1ccc(-c2nc([C@H]3CCOC3)no2)cc1)N1CCOCC1. The van der Waals surface area contributed by atoms with Gasteiger partial charge in [0.1, 0.15) is 0 Å². The lowest BCUT2D eigenvalue weighted by Gasteiger charge is -2.26. The molecule has 0 saturated carbocycles. The topological polar surface area (TPSA) is 77.7 Å². The predicted octanol–water partition coefficient (Wildman–Crippen LogP) is 1.71. The molecule has 7 heteroatoms. The van der Waals surface area contributed by atoms with E-state index < -0.39 is 0 Å². The molecule has 2 fully saturated rings. The molecular weight excluding hydrogens is 310 g/mol. The highest BCUT2D eigenvalue weighted by molar-refractivity contribution is 5.94. The average Bonchev–Trinajstić information content (AvgIpc) is 3.33. The van der Waals surface area contributed by atoms with Crippen molar-refractivity contribution in [2.24, 2.45) is 0 Å². The zero-order chi connectivity index (χ0) is 16.4. The van der Waals surface area contributed by atoms with Crippen LogP contribution in [0.2, 0.25) is 0 Å². The predicted molar refractivity (Wildman–Crippen MR) is 84.6 cm³/mol. The second-order valence-corrected chi connectivity index (χ2v) is 6.00. The van der Waals surface area contributed by atoms with E-state index in [1.54, 1.807) is 12.1 Å². The number of carbonyl (C=O) groups excluding carboxylic acids is 1.